The molecule has 29 heavy (non-hydrogen) atoms. The van der Waals surface area contributed by atoms with Crippen molar-refractivity contribution in [2.24, 2.45) is 0 Å². The summed E-state index contributed by atoms with van der Waals surface area (Å²) in [6, 6.07) is 13.2. The highest BCUT2D eigenvalue weighted by molar-refractivity contribution is 5.85. The van der Waals surface area contributed by atoms with E-state index in [1.807, 2.05) is 42.5 Å². The lowest BCUT2D eigenvalue weighted by molar-refractivity contribution is 0.216. The van der Waals surface area contributed by atoms with Gasteiger partial charge in [-0.05, 0) is 42.9 Å². The normalized spacial score (nSPS) is 10.8. The summed E-state index contributed by atoms with van der Waals surface area (Å²) >= 11 is 0. The summed E-state index contributed by atoms with van der Waals surface area (Å²) in [6.45, 7) is 7.47. The fourth-order valence-corrected chi connectivity index (χ4v) is 3.13. The van der Waals surface area contributed by atoms with Gasteiger partial charge in [-0.3, -0.25) is 9.20 Å². The van der Waals surface area contributed by atoms with Gasteiger partial charge < -0.3 is 14.4 Å². The van der Waals surface area contributed by atoms with Crippen LogP contribution in [0.15, 0.2) is 53.5 Å². The molecule has 0 aliphatic rings. The van der Waals surface area contributed by atoms with Crippen LogP contribution in [0.5, 0.6) is 11.6 Å². The van der Waals surface area contributed by atoms with Crippen LogP contribution in [0.4, 0.5) is 0 Å². The second-order valence-corrected chi connectivity index (χ2v) is 6.53. The third-order valence-corrected chi connectivity index (χ3v) is 4.87. The Bertz CT molecular complexity index is 969. The monoisotopic (exact) mass is 417 g/mol. The summed E-state index contributed by atoms with van der Waals surface area (Å²) in [7, 11) is 1.64. The lowest BCUT2D eigenvalue weighted by Crippen LogP contribution is -2.29. The number of halogens is 1. The predicted molar refractivity (Wildman–Crippen MR) is 118 cm³/mol. The molecule has 0 aliphatic heterocycles. The van der Waals surface area contributed by atoms with E-state index in [0.29, 0.717) is 30.1 Å². The number of hydrogen-bond donors (Lipinski definition) is 0. The van der Waals surface area contributed by atoms with E-state index in [-0.39, 0.29) is 18.0 Å². The van der Waals surface area contributed by atoms with E-state index in [4.69, 9.17) is 9.47 Å². The van der Waals surface area contributed by atoms with Crippen molar-refractivity contribution in [3.8, 4) is 11.6 Å². The molecule has 0 radical (unpaired) electrons. The average molecular weight is 418 g/mol. The maximum absolute atomic E-state index is 13.1. The Morgan fingerprint density at radius 1 is 1.07 bits per heavy atom. The van der Waals surface area contributed by atoms with Crippen LogP contribution in [0.25, 0.3) is 5.65 Å². The second-order valence-electron chi connectivity index (χ2n) is 6.53. The van der Waals surface area contributed by atoms with Crippen LogP contribution in [0, 0.1) is 0 Å². The topological polar surface area (TPSA) is 56.1 Å². The number of hydrogen-bond acceptors (Lipinski definition) is 5. The predicted octanol–water partition coefficient (Wildman–Crippen LogP) is 3.44. The van der Waals surface area contributed by atoms with E-state index < -0.39 is 0 Å². The van der Waals surface area contributed by atoms with Gasteiger partial charge in [0.1, 0.15) is 18.0 Å². The Kier molecular flexibility index (Phi) is 8.49. The number of benzene rings is 1. The Hall–Kier alpha value is -2.57. The minimum absolute atomic E-state index is 0. The van der Waals surface area contributed by atoms with Gasteiger partial charge >= 0.3 is 0 Å². The van der Waals surface area contributed by atoms with Gasteiger partial charge in [-0.25, -0.2) is 0 Å². The van der Waals surface area contributed by atoms with Crippen molar-refractivity contribution < 1.29 is 9.47 Å². The molecule has 0 N–H and O–H groups in total. The molecule has 3 rings (SSSR count). The molecule has 3 aromatic rings. The summed E-state index contributed by atoms with van der Waals surface area (Å²) in [5, 5.41) is 0. The highest BCUT2D eigenvalue weighted by atomic mass is 35.5. The number of aromatic nitrogens is 2. The molecule has 0 amide bonds. The zero-order chi connectivity index (χ0) is 19.9. The van der Waals surface area contributed by atoms with E-state index in [9.17, 15) is 4.79 Å². The molecule has 0 saturated carbocycles. The highest BCUT2D eigenvalue weighted by Crippen LogP contribution is 2.19. The molecular formula is C22H28ClN3O3. The van der Waals surface area contributed by atoms with Gasteiger partial charge in [-0.15, -0.1) is 12.4 Å². The largest absolute Gasteiger partial charge is 0.497 e. The van der Waals surface area contributed by atoms with E-state index in [2.05, 4.69) is 23.7 Å². The zero-order valence-corrected chi connectivity index (χ0v) is 17.9. The van der Waals surface area contributed by atoms with Crippen LogP contribution in [0.3, 0.4) is 0 Å². The van der Waals surface area contributed by atoms with Gasteiger partial charge in [0.2, 0.25) is 5.88 Å². The summed E-state index contributed by atoms with van der Waals surface area (Å²) in [6.07, 6.45) is 2.19. The molecule has 0 fully saturated rings. The summed E-state index contributed by atoms with van der Waals surface area (Å²) in [5.41, 5.74) is 2.06. The lowest BCUT2D eigenvalue weighted by Gasteiger charge is -2.18. The smallest absolute Gasteiger partial charge is 0.265 e. The van der Waals surface area contributed by atoms with Crippen LogP contribution >= 0.6 is 12.4 Å². The maximum Gasteiger partial charge on any atom is 0.265 e. The third-order valence-electron chi connectivity index (χ3n) is 4.87. The van der Waals surface area contributed by atoms with Crippen LogP contribution in [-0.2, 0) is 6.42 Å². The molecule has 1 aromatic carbocycles. The van der Waals surface area contributed by atoms with Crippen molar-refractivity contribution in [1.82, 2.24) is 14.3 Å². The molecule has 156 valence electrons. The van der Waals surface area contributed by atoms with Crippen molar-refractivity contribution in [3.63, 3.8) is 0 Å². The van der Waals surface area contributed by atoms with Crippen molar-refractivity contribution in [1.29, 1.82) is 0 Å². The van der Waals surface area contributed by atoms with E-state index in [0.717, 1.165) is 30.9 Å². The van der Waals surface area contributed by atoms with Crippen LogP contribution < -0.4 is 15.0 Å². The molecule has 0 unspecified atom stereocenters. The molecule has 6 nitrogen and oxygen atoms in total. The number of rotatable bonds is 9. The van der Waals surface area contributed by atoms with Crippen LogP contribution in [0.2, 0.25) is 0 Å². The van der Waals surface area contributed by atoms with Crippen molar-refractivity contribution in [3.05, 3.63) is 70.1 Å². The number of ether oxygens (including phenoxy) is 2. The fourth-order valence-electron chi connectivity index (χ4n) is 3.13. The number of likely N-dealkylation sites (N-methyl/N-ethyl adjacent to an activating group) is 1. The Labute approximate surface area is 177 Å². The van der Waals surface area contributed by atoms with E-state index in [1.165, 1.54) is 0 Å². The van der Waals surface area contributed by atoms with E-state index >= 15 is 0 Å². The summed E-state index contributed by atoms with van der Waals surface area (Å²) < 4.78 is 12.8. The first kappa shape index (κ1) is 22.7. The molecule has 2 aromatic heterocycles. The van der Waals surface area contributed by atoms with Gasteiger partial charge in [0.25, 0.3) is 5.56 Å². The second kappa shape index (κ2) is 10.8. The number of fused-ring (bicyclic) bond motifs is 1. The quantitative estimate of drug-likeness (QED) is 0.533. The first-order chi connectivity index (χ1) is 13.7. The molecule has 0 bridgehead atoms. The molecule has 0 aliphatic carbocycles. The Balaban J connectivity index is 0.00000300. The van der Waals surface area contributed by atoms with Gasteiger partial charge in [0, 0.05) is 19.2 Å². The van der Waals surface area contributed by atoms with E-state index in [1.54, 1.807) is 17.7 Å². The van der Waals surface area contributed by atoms with Crippen LogP contribution in [-0.4, -0.2) is 47.6 Å². The Morgan fingerprint density at radius 3 is 2.45 bits per heavy atom. The third kappa shape index (κ3) is 5.49. The molecular weight excluding hydrogens is 390 g/mol. The molecule has 2 heterocycles. The molecule has 0 atom stereocenters. The lowest BCUT2D eigenvalue weighted by atomic mass is 10.1. The molecule has 7 heteroatoms. The van der Waals surface area contributed by atoms with Gasteiger partial charge in [-0.2, -0.15) is 4.98 Å². The number of nitrogens with zero attached hydrogens (tertiary/aromatic N) is 3. The van der Waals surface area contributed by atoms with Crippen molar-refractivity contribution in [2.75, 3.05) is 33.4 Å². The minimum atomic E-state index is -0.0979. The summed E-state index contributed by atoms with van der Waals surface area (Å²) in [4.78, 5) is 20.0. The fraction of sp³-hybridized carbons (Fsp3) is 0.364. The van der Waals surface area contributed by atoms with Gasteiger partial charge in [-0.1, -0.05) is 32.0 Å². The SMILES string of the molecule is CCN(CC)CCOc1nc2ccccn2c(=O)c1Cc1ccc(OC)cc1.Cl. The van der Waals surface area contributed by atoms with Crippen molar-refractivity contribution >= 4 is 18.1 Å². The molecule has 0 saturated heterocycles. The van der Waals surface area contributed by atoms with Crippen LogP contribution in [0.1, 0.15) is 25.0 Å². The zero-order valence-electron chi connectivity index (χ0n) is 17.1. The Morgan fingerprint density at radius 2 is 1.79 bits per heavy atom. The maximum atomic E-state index is 13.1. The number of pyridine rings is 1. The number of methoxy groups -OCH3 is 1. The first-order valence-electron chi connectivity index (χ1n) is 9.64. The standard InChI is InChI=1S/C22H27N3O3.ClH/c1-4-24(5-2)14-15-28-21-19(16-17-9-11-18(27-3)12-10-17)22(26)25-13-7-6-8-20(25)23-21;/h6-13H,4-5,14-16H2,1-3H3;1H. The minimum Gasteiger partial charge on any atom is -0.497 e. The molecule has 0 spiro atoms. The first-order valence-corrected chi connectivity index (χ1v) is 9.64. The van der Waals surface area contributed by atoms with Gasteiger partial charge in [0.05, 0.1) is 12.7 Å². The van der Waals surface area contributed by atoms with Gasteiger partial charge in [0.15, 0.2) is 0 Å². The average Bonchev–Trinajstić information content (AvgIpc) is 2.74. The highest BCUT2D eigenvalue weighted by Gasteiger charge is 2.15. The van der Waals surface area contributed by atoms with Crippen molar-refractivity contribution in [2.45, 2.75) is 20.3 Å². The summed E-state index contributed by atoms with van der Waals surface area (Å²) in [5.74, 6) is 1.20.